The monoisotopic (exact) mass is 451 g/mol. The molecule has 2 fully saturated rings. The molecule has 0 spiro atoms. The highest BCUT2D eigenvalue weighted by Gasteiger charge is 2.39. The van der Waals surface area contributed by atoms with Crippen LogP contribution in [-0.2, 0) is 5.60 Å². The summed E-state index contributed by atoms with van der Waals surface area (Å²) >= 11 is 0. The molecule has 33 heavy (non-hydrogen) atoms. The van der Waals surface area contributed by atoms with E-state index in [1.165, 1.54) is 0 Å². The average Bonchev–Trinajstić information content (AvgIpc) is 3.66. The maximum atomic E-state index is 11.3. The third kappa shape index (κ3) is 5.06. The Labute approximate surface area is 197 Å². The van der Waals surface area contributed by atoms with E-state index < -0.39 is 5.60 Å². The van der Waals surface area contributed by atoms with Gasteiger partial charge in [-0.05, 0) is 30.9 Å². The zero-order chi connectivity index (χ0) is 24.0. The molecule has 1 unspecified atom stereocenters. The van der Waals surface area contributed by atoms with Crippen LogP contribution in [0.5, 0.6) is 11.5 Å². The highest BCUT2D eigenvalue weighted by Crippen LogP contribution is 2.43. The second kappa shape index (κ2) is 10.8. The van der Waals surface area contributed by atoms with Gasteiger partial charge in [0.05, 0.1) is 26.3 Å². The first-order chi connectivity index (χ1) is 16.1. The highest BCUT2D eigenvalue weighted by molar-refractivity contribution is 5.92. The maximum absolute atomic E-state index is 11.3. The van der Waals surface area contributed by atoms with E-state index in [1.807, 2.05) is 70.2 Å². The number of β-amino-alcohol motifs (C(OH)–C–C–N with tert-alkyl or cyclic N) is 1. The fraction of sp³-hybridized carbons (Fsp3) is 0.481. The largest absolute Gasteiger partial charge is 0.493 e. The van der Waals surface area contributed by atoms with Gasteiger partial charge < -0.3 is 19.5 Å². The molecule has 1 aromatic heterocycles. The van der Waals surface area contributed by atoms with Crippen molar-refractivity contribution in [2.24, 2.45) is 0 Å². The van der Waals surface area contributed by atoms with E-state index in [9.17, 15) is 5.11 Å². The van der Waals surface area contributed by atoms with Gasteiger partial charge in [-0.2, -0.15) is 0 Å². The number of benzene rings is 2. The number of aliphatic hydroxyl groups is 1. The van der Waals surface area contributed by atoms with Crippen LogP contribution in [0.1, 0.15) is 64.3 Å². The quantitative estimate of drug-likeness (QED) is 0.539. The third-order valence-electron chi connectivity index (χ3n) is 6.00. The molecule has 1 N–H and O–H groups in total. The van der Waals surface area contributed by atoms with Crippen molar-refractivity contribution in [3.63, 3.8) is 0 Å². The van der Waals surface area contributed by atoms with Crippen molar-refractivity contribution >= 4 is 16.7 Å². The van der Waals surface area contributed by atoms with Gasteiger partial charge in [0.1, 0.15) is 17.2 Å². The molecule has 1 saturated heterocycles. The molecule has 178 valence electrons. The van der Waals surface area contributed by atoms with Crippen molar-refractivity contribution in [2.75, 3.05) is 32.2 Å². The number of hydrogen-bond acceptors (Lipinski definition) is 6. The van der Waals surface area contributed by atoms with Gasteiger partial charge in [-0.1, -0.05) is 58.0 Å². The fourth-order valence-corrected chi connectivity index (χ4v) is 4.18. The summed E-state index contributed by atoms with van der Waals surface area (Å²) in [5.74, 6) is 3.50. The number of rotatable bonds is 5. The molecule has 1 aliphatic carbocycles. The van der Waals surface area contributed by atoms with Gasteiger partial charge in [0.25, 0.3) is 0 Å². The minimum Gasteiger partial charge on any atom is -0.493 e. The molecule has 6 heteroatoms. The Morgan fingerprint density at radius 3 is 2.18 bits per heavy atom. The smallest absolute Gasteiger partial charge is 0.162 e. The van der Waals surface area contributed by atoms with E-state index in [0.29, 0.717) is 30.4 Å². The van der Waals surface area contributed by atoms with Gasteiger partial charge >= 0.3 is 0 Å². The Hall–Kier alpha value is -2.86. The van der Waals surface area contributed by atoms with Crippen molar-refractivity contribution in [3.05, 3.63) is 53.9 Å². The van der Waals surface area contributed by atoms with E-state index in [2.05, 4.69) is 4.90 Å². The normalized spacial score (nSPS) is 19.3. The third-order valence-corrected chi connectivity index (χ3v) is 6.00. The lowest BCUT2D eigenvalue weighted by Gasteiger charge is -2.25. The predicted octanol–water partition coefficient (Wildman–Crippen LogP) is 5.67. The van der Waals surface area contributed by atoms with Crippen molar-refractivity contribution in [1.29, 1.82) is 0 Å². The van der Waals surface area contributed by atoms with Crippen LogP contribution in [0.15, 0.2) is 42.5 Å². The molecule has 1 saturated carbocycles. The molecule has 0 radical (unpaired) electrons. The van der Waals surface area contributed by atoms with Crippen LogP contribution in [0.4, 0.5) is 5.82 Å². The fourth-order valence-electron chi connectivity index (χ4n) is 4.18. The van der Waals surface area contributed by atoms with Gasteiger partial charge in [-0.3, -0.25) is 0 Å². The number of fused-ring (bicyclic) bond motifs is 1. The first kappa shape index (κ1) is 24.8. The molecule has 2 heterocycles. The number of aromatic nitrogens is 2. The topological polar surface area (TPSA) is 67.7 Å². The molecular weight excluding hydrogens is 414 g/mol. The van der Waals surface area contributed by atoms with Crippen LogP contribution in [0.2, 0.25) is 0 Å². The Bertz CT molecular complexity index is 1050. The van der Waals surface area contributed by atoms with Crippen molar-refractivity contribution < 1.29 is 14.6 Å². The zero-order valence-corrected chi connectivity index (χ0v) is 20.8. The zero-order valence-electron chi connectivity index (χ0n) is 20.8. The average molecular weight is 452 g/mol. The van der Waals surface area contributed by atoms with Crippen molar-refractivity contribution in [3.8, 4) is 11.5 Å². The summed E-state index contributed by atoms with van der Waals surface area (Å²) in [5, 5.41) is 12.2. The Kier molecular flexibility index (Phi) is 8.14. The molecule has 5 rings (SSSR count). The van der Waals surface area contributed by atoms with Crippen LogP contribution >= 0.6 is 0 Å². The summed E-state index contributed by atoms with van der Waals surface area (Å²) in [6.45, 7) is 9.23. The van der Waals surface area contributed by atoms with Crippen molar-refractivity contribution in [2.45, 2.75) is 58.5 Å². The Morgan fingerprint density at radius 2 is 1.58 bits per heavy atom. The number of methoxy groups -OCH3 is 2. The van der Waals surface area contributed by atoms with Crippen molar-refractivity contribution in [1.82, 2.24) is 9.97 Å². The molecule has 1 aliphatic heterocycles. The number of anilines is 1. The van der Waals surface area contributed by atoms with Gasteiger partial charge in [0.2, 0.25) is 0 Å². The van der Waals surface area contributed by atoms with E-state index in [0.717, 1.165) is 47.5 Å². The highest BCUT2D eigenvalue weighted by atomic mass is 16.5. The van der Waals surface area contributed by atoms with E-state index in [-0.39, 0.29) is 0 Å². The predicted molar refractivity (Wildman–Crippen MR) is 134 cm³/mol. The lowest BCUT2D eigenvalue weighted by molar-refractivity contribution is 0.0606. The molecule has 6 nitrogen and oxygen atoms in total. The first-order valence-electron chi connectivity index (χ1n) is 12.1. The molecule has 0 amide bonds. The molecule has 3 aromatic rings. The van der Waals surface area contributed by atoms with Crippen LogP contribution in [0, 0.1) is 0 Å². The SMILES string of the molecule is CC.CC.COc1cc2nc(C3CC3)nc(N3CCC(O)(c4ccccc4)C3)c2cc1OC. The molecule has 1 atom stereocenters. The summed E-state index contributed by atoms with van der Waals surface area (Å²) < 4.78 is 11.0. The van der Waals surface area contributed by atoms with Crippen LogP contribution in [0.3, 0.4) is 0 Å². The maximum Gasteiger partial charge on any atom is 0.162 e. The minimum atomic E-state index is -0.880. The summed E-state index contributed by atoms with van der Waals surface area (Å²) in [5.41, 5.74) is 0.918. The van der Waals surface area contributed by atoms with E-state index in [1.54, 1.807) is 14.2 Å². The first-order valence-corrected chi connectivity index (χ1v) is 12.1. The van der Waals surface area contributed by atoms with Gasteiger partial charge in [0, 0.05) is 23.9 Å². The lowest BCUT2D eigenvalue weighted by atomic mass is 9.93. The number of hydrogen-bond donors (Lipinski definition) is 1. The van der Waals surface area contributed by atoms with Gasteiger partial charge in [-0.25, -0.2) is 9.97 Å². The molecular formula is C27H37N3O3. The summed E-state index contributed by atoms with van der Waals surface area (Å²) in [6, 6.07) is 13.8. The minimum absolute atomic E-state index is 0.432. The summed E-state index contributed by atoms with van der Waals surface area (Å²) in [6.07, 6.45) is 2.92. The summed E-state index contributed by atoms with van der Waals surface area (Å²) in [4.78, 5) is 11.9. The van der Waals surface area contributed by atoms with E-state index >= 15 is 0 Å². The summed E-state index contributed by atoms with van der Waals surface area (Å²) in [7, 11) is 3.26. The second-order valence-corrected chi connectivity index (χ2v) is 7.97. The van der Waals surface area contributed by atoms with Crippen LogP contribution in [-0.4, -0.2) is 42.4 Å². The van der Waals surface area contributed by atoms with Gasteiger partial charge in [0.15, 0.2) is 11.5 Å². The molecule has 2 aromatic carbocycles. The van der Waals surface area contributed by atoms with Crippen LogP contribution < -0.4 is 14.4 Å². The number of ether oxygens (including phenoxy) is 2. The van der Waals surface area contributed by atoms with E-state index in [4.69, 9.17) is 19.4 Å². The number of nitrogens with zero attached hydrogens (tertiary/aromatic N) is 3. The lowest BCUT2D eigenvalue weighted by Crippen LogP contribution is -2.31. The van der Waals surface area contributed by atoms with Crippen LogP contribution in [0.25, 0.3) is 10.9 Å². The van der Waals surface area contributed by atoms with Gasteiger partial charge in [-0.15, -0.1) is 0 Å². The Morgan fingerprint density at radius 1 is 0.939 bits per heavy atom. The Balaban J connectivity index is 0.000000728. The standard InChI is InChI=1S/C23H25N3O3.2C2H6/c1-28-19-12-17-18(13-20(19)29-2)24-21(15-8-9-15)25-22(17)26-11-10-23(27,14-26)16-6-4-3-5-7-16;2*1-2/h3-7,12-13,15,27H,8-11,14H2,1-2H3;2*1-2H3. The molecule has 0 bridgehead atoms. The second-order valence-electron chi connectivity index (χ2n) is 7.97. The molecule has 2 aliphatic rings.